The van der Waals surface area contributed by atoms with E-state index in [0.717, 1.165) is 23.3 Å². The van der Waals surface area contributed by atoms with Crippen LogP contribution in [0.1, 0.15) is 53.4 Å². The smallest absolute Gasteiger partial charge is 0.334 e. The third-order valence-corrected chi connectivity index (χ3v) is 5.98. The number of carbonyl (C=O) groups excluding carboxylic acids is 1. The van der Waals surface area contributed by atoms with Gasteiger partial charge in [-0.3, -0.25) is 4.79 Å². The van der Waals surface area contributed by atoms with Gasteiger partial charge in [-0.2, -0.15) is 13.2 Å². The van der Waals surface area contributed by atoms with Crippen molar-refractivity contribution >= 4 is 29.1 Å². The molecule has 0 bridgehead atoms. The molecule has 0 spiro atoms. The zero-order valence-corrected chi connectivity index (χ0v) is 21.0. The minimum atomic E-state index is -4.65. The van der Waals surface area contributed by atoms with Crippen molar-refractivity contribution in [3.8, 4) is 0 Å². The molecule has 186 valence electrons. The van der Waals surface area contributed by atoms with Crippen LogP contribution in [0.25, 0.3) is 0 Å². The summed E-state index contributed by atoms with van der Waals surface area (Å²) in [7, 11) is 0. The molecule has 0 saturated carbocycles. The predicted molar refractivity (Wildman–Crippen MR) is 131 cm³/mol. The Labute approximate surface area is 212 Å². The number of halogens is 6. The molecular weight excluding hydrogens is 501 g/mol. The SMILES string of the molecule is CC(C)(C)c1ccc(CN(CCc2cc(F)cc(Cl)c2)C(=O)c2cc(Cl)cc(C(F)(F)F)c2)cc1. The first-order valence-corrected chi connectivity index (χ1v) is 11.7. The normalized spacial score (nSPS) is 12.0. The van der Waals surface area contributed by atoms with Gasteiger partial charge in [-0.05, 0) is 64.9 Å². The second-order valence-corrected chi connectivity index (χ2v) is 10.3. The molecular formula is C27H25Cl2F4NO. The van der Waals surface area contributed by atoms with Gasteiger partial charge in [0.1, 0.15) is 5.82 Å². The zero-order valence-electron chi connectivity index (χ0n) is 19.5. The first-order valence-electron chi connectivity index (χ1n) is 10.9. The Balaban J connectivity index is 1.92. The van der Waals surface area contributed by atoms with E-state index in [9.17, 15) is 22.4 Å². The van der Waals surface area contributed by atoms with Crippen molar-refractivity contribution in [2.45, 2.75) is 45.3 Å². The van der Waals surface area contributed by atoms with Crippen molar-refractivity contribution in [2.24, 2.45) is 0 Å². The summed E-state index contributed by atoms with van der Waals surface area (Å²) in [5.41, 5.74) is 1.26. The highest BCUT2D eigenvalue weighted by atomic mass is 35.5. The van der Waals surface area contributed by atoms with Gasteiger partial charge < -0.3 is 4.90 Å². The molecule has 0 saturated heterocycles. The van der Waals surface area contributed by atoms with Gasteiger partial charge >= 0.3 is 6.18 Å². The van der Waals surface area contributed by atoms with E-state index in [1.807, 2.05) is 24.3 Å². The quantitative estimate of drug-likeness (QED) is 0.296. The van der Waals surface area contributed by atoms with Crippen molar-refractivity contribution in [1.29, 1.82) is 0 Å². The number of rotatable bonds is 6. The van der Waals surface area contributed by atoms with Gasteiger partial charge in [0.05, 0.1) is 5.56 Å². The van der Waals surface area contributed by atoms with Crippen LogP contribution in [0.5, 0.6) is 0 Å². The molecule has 0 atom stereocenters. The van der Waals surface area contributed by atoms with Gasteiger partial charge in [0.25, 0.3) is 5.91 Å². The number of carbonyl (C=O) groups is 1. The Kier molecular flexibility index (Phi) is 8.17. The van der Waals surface area contributed by atoms with E-state index in [1.54, 1.807) is 6.07 Å². The van der Waals surface area contributed by atoms with Gasteiger partial charge in [-0.15, -0.1) is 0 Å². The van der Waals surface area contributed by atoms with Crippen molar-refractivity contribution in [3.63, 3.8) is 0 Å². The summed E-state index contributed by atoms with van der Waals surface area (Å²) in [5, 5.41) is 0.0369. The molecule has 0 N–H and O–H groups in total. The van der Waals surface area contributed by atoms with E-state index in [2.05, 4.69) is 20.8 Å². The minimum Gasteiger partial charge on any atom is -0.334 e. The lowest BCUT2D eigenvalue weighted by molar-refractivity contribution is -0.137. The fraction of sp³-hybridized carbons (Fsp3) is 0.296. The topological polar surface area (TPSA) is 20.3 Å². The Hall–Kier alpha value is -2.57. The molecule has 2 nitrogen and oxygen atoms in total. The summed E-state index contributed by atoms with van der Waals surface area (Å²) >= 11 is 11.8. The van der Waals surface area contributed by atoms with Gasteiger partial charge in [0.15, 0.2) is 0 Å². The average molecular weight is 526 g/mol. The van der Waals surface area contributed by atoms with Crippen LogP contribution >= 0.6 is 23.2 Å². The first kappa shape index (κ1) is 27.0. The minimum absolute atomic E-state index is 0.0561. The number of nitrogens with zero attached hydrogens (tertiary/aromatic N) is 1. The molecule has 0 unspecified atom stereocenters. The lowest BCUT2D eigenvalue weighted by Crippen LogP contribution is -2.33. The van der Waals surface area contributed by atoms with E-state index >= 15 is 0 Å². The summed E-state index contributed by atoms with van der Waals surface area (Å²) in [4.78, 5) is 14.8. The number of amides is 1. The number of hydrogen-bond acceptors (Lipinski definition) is 1. The van der Waals surface area contributed by atoms with Crippen LogP contribution < -0.4 is 0 Å². The second kappa shape index (κ2) is 10.6. The van der Waals surface area contributed by atoms with E-state index in [0.29, 0.717) is 5.56 Å². The molecule has 0 radical (unpaired) electrons. The second-order valence-electron chi connectivity index (χ2n) is 9.43. The highest BCUT2D eigenvalue weighted by molar-refractivity contribution is 6.31. The van der Waals surface area contributed by atoms with Crippen LogP contribution in [0.4, 0.5) is 17.6 Å². The maximum Gasteiger partial charge on any atom is 0.416 e. The van der Waals surface area contributed by atoms with E-state index < -0.39 is 23.5 Å². The monoisotopic (exact) mass is 525 g/mol. The summed E-state index contributed by atoms with van der Waals surface area (Å²) < 4.78 is 53.7. The standard InChI is InChI=1S/C27H25Cl2F4NO/c1-26(2,3)20-6-4-17(5-7-20)16-34(9-8-18-10-22(28)15-24(30)11-18)25(35)19-12-21(27(31,32)33)14-23(29)13-19/h4-7,10-15H,8-9,16H2,1-3H3. The van der Waals surface area contributed by atoms with E-state index in [4.69, 9.17) is 23.2 Å². The number of alkyl halides is 3. The molecule has 0 aliphatic carbocycles. The fourth-order valence-corrected chi connectivity index (χ4v) is 4.14. The summed E-state index contributed by atoms with van der Waals surface area (Å²) in [5.74, 6) is -1.12. The van der Waals surface area contributed by atoms with Crippen molar-refractivity contribution in [1.82, 2.24) is 4.90 Å². The Morgan fingerprint density at radius 3 is 2.03 bits per heavy atom. The summed E-state index contributed by atoms with van der Waals surface area (Å²) in [6.07, 6.45) is -4.39. The molecule has 0 aliphatic heterocycles. The molecule has 8 heteroatoms. The molecule has 3 aromatic rings. The van der Waals surface area contributed by atoms with Crippen LogP contribution in [0, 0.1) is 5.82 Å². The highest BCUT2D eigenvalue weighted by Crippen LogP contribution is 2.32. The van der Waals surface area contributed by atoms with Crippen molar-refractivity contribution in [2.75, 3.05) is 6.54 Å². The Morgan fingerprint density at radius 1 is 0.829 bits per heavy atom. The van der Waals surface area contributed by atoms with Gasteiger partial charge in [0.2, 0.25) is 0 Å². The third kappa shape index (κ3) is 7.45. The van der Waals surface area contributed by atoms with Crippen LogP contribution in [0.3, 0.4) is 0 Å². The van der Waals surface area contributed by atoms with Gasteiger partial charge in [-0.1, -0.05) is 68.2 Å². The van der Waals surface area contributed by atoms with Crippen LogP contribution in [-0.4, -0.2) is 17.4 Å². The molecule has 35 heavy (non-hydrogen) atoms. The lowest BCUT2D eigenvalue weighted by Gasteiger charge is -2.25. The summed E-state index contributed by atoms with van der Waals surface area (Å²) in [6.45, 7) is 6.53. The van der Waals surface area contributed by atoms with Crippen LogP contribution in [0.2, 0.25) is 10.0 Å². The highest BCUT2D eigenvalue weighted by Gasteiger charge is 2.32. The molecule has 3 aromatic carbocycles. The fourth-order valence-electron chi connectivity index (χ4n) is 3.66. The molecule has 3 rings (SSSR count). The van der Waals surface area contributed by atoms with Crippen LogP contribution in [0.15, 0.2) is 60.7 Å². The molecule has 1 amide bonds. The van der Waals surface area contributed by atoms with Crippen molar-refractivity contribution in [3.05, 3.63) is 104 Å². The lowest BCUT2D eigenvalue weighted by atomic mass is 9.87. The van der Waals surface area contributed by atoms with E-state index in [1.165, 1.54) is 23.1 Å². The van der Waals surface area contributed by atoms with E-state index in [-0.39, 0.29) is 40.5 Å². The zero-order chi connectivity index (χ0) is 26.0. The molecule has 0 fully saturated rings. The van der Waals surface area contributed by atoms with Crippen molar-refractivity contribution < 1.29 is 22.4 Å². The largest absolute Gasteiger partial charge is 0.416 e. The predicted octanol–water partition coefficient (Wildman–Crippen LogP) is 8.33. The Morgan fingerprint density at radius 2 is 1.46 bits per heavy atom. The molecule has 0 heterocycles. The third-order valence-electron chi connectivity index (χ3n) is 5.55. The number of hydrogen-bond donors (Lipinski definition) is 0. The summed E-state index contributed by atoms with van der Waals surface area (Å²) in [6, 6.07) is 14.6. The maximum atomic E-state index is 13.8. The maximum absolute atomic E-state index is 13.8. The van der Waals surface area contributed by atoms with Gasteiger partial charge in [0, 0.05) is 28.7 Å². The van der Waals surface area contributed by atoms with Crippen LogP contribution in [-0.2, 0) is 24.6 Å². The average Bonchev–Trinajstić information content (AvgIpc) is 2.74. The first-order chi connectivity index (χ1) is 16.2. The molecule has 0 aliphatic rings. The van der Waals surface area contributed by atoms with Gasteiger partial charge in [-0.25, -0.2) is 4.39 Å². The Bertz CT molecular complexity index is 1180. The number of benzene rings is 3. The molecule has 0 aromatic heterocycles.